The summed E-state index contributed by atoms with van der Waals surface area (Å²) < 4.78 is 46.3. The lowest BCUT2D eigenvalue weighted by Crippen LogP contribution is -2.15. The van der Waals surface area contributed by atoms with Crippen LogP contribution in [0.2, 0.25) is 0 Å². The monoisotopic (exact) mass is 334 g/mol. The zero-order valence-corrected chi connectivity index (χ0v) is 12.6. The van der Waals surface area contributed by atoms with Gasteiger partial charge >= 0.3 is 12.5 Å². The summed E-state index contributed by atoms with van der Waals surface area (Å²) in [7, 11) is 0. The highest BCUT2D eigenvalue weighted by Crippen LogP contribution is 2.28. The summed E-state index contributed by atoms with van der Waals surface area (Å²) in [5, 5.41) is 0. The van der Waals surface area contributed by atoms with E-state index in [1.165, 1.54) is 31.2 Å². The number of ether oxygens (including phenoxy) is 1. The van der Waals surface area contributed by atoms with E-state index in [9.17, 15) is 18.0 Å². The van der Waals surface area contributed by atoms with E-state index in [1.807, 2.05) is 0 Å². The molecule has 0 saturated carbocycles. The number of alkyl halides is 2. The predicted octanol–water partition coefficient (Wildman–Crippen LogP) is 4.49. The van der Waals surface area contributed by atoms with Crippen LogP contribution in [-0.2, 0) is 4.74 Å². The van der Waals surface area contributed by atoms with Crippen LogP contribution >= 0.6 is 0 Å². The Balaban J connectivity index is 1.94. The molecule has 1 heterocycles. The number of para-hydroxylation sites is 2. The van der Waals surface area contributed by atoms with E-state index >= 15 is 0 Å². The number of rotatable bonds is 4. The van der Waals surface area contributed by atoms with Gasteiger partial charge in [-0.1, -0.05) is 24.3 Å². The fraction of sp³-hybridized carbons (Fsp3) is 0.176. The normalized spacial score (nSPS) is 12.5. The maximum Gasteiger partial charge on any atom is 0.341 e. The van der Waals surface area contributed by atoms with Gasteiger partial charge in [0.25, 0.3) is 0 Å². The summed E-state index contributed by atoms with van der Waals surface area (Å²) in [5.41, 5.74) is 0.335. The Bertz CT molecular complexity index is 892. The van der Waals surface area contributed by atoms with Crippen LogP contribution in [0.25, 0.3) is 11.0 Å². The number of benzene rings is 2. The van der Waals surface area contributed by atoms with Crippen LogP contribution in [0, 0.1) is 5.82 Å². The summed E-state index contributed by atoms with van der Waals surface area (Å²) in [6, 6.07) is 11.7. The van der Waals surface area contributed by atoms with Gasteiger partial charge in [0.2, 0.25) is 0 Å². The SMILES string of the molecule is C[C@H](OC(=O)c1ccccc1F)c1nc2ccccc2n1C(F)F. The Labute approximate surface area is 135 Å². The minimum absolute atomic E-state index is 0.101. The smallest absolute Gasteiger partial charge is 0.341 e. The summed E-state index contributed by atoms with van der Waals surface area (Å²) >= 11 is 0. The van der Waals surface area contributed by atoms with E-state index < -0.39 is 24.4 Å². The Morgan fingerprint density at radius 1 is 1.12 bits per heavy atom. The van der Waals surface area contributed by atoms with Crippen molar-refractivity contribution < 1.29 is 22.7 Å². The number of carbonyl (C=O) groups is 1. The molecule has 0 aliphatic carbocycles. The highest BCUT2D eigenvalue weighted by molar-refractivity contribution is 5.89. The highest BCUT2D eigenvalue weighted by Gasteiger charge is 2.25. The van der Waals surface area contributed by atoms with Crippen LogP contribution in [0.15, 0.2) is 48.5 Å². The van der Waals surface area contributed by atoms with Crippen LogP contribution < -0.4 is 0 Å². The molecule has 3 aromatic rings. The molecule has 1 aromatic heterocycles. The van der Waals surface area contributed by atoms with Gasteiger partial charge in [-0.25, -0.2) is 14.2 Å². The number of aromatic nitrogens is 2. The van der Waals surface area contributed by atoms with Crippen molar-refractivity contribution in [3.05, 3.63) is 65.7 Å². The van der Waals surface area contributed by atoms with Crippen molar-refractivity contribution in [3.63, 3.8) is 0 Å². The fourth-order valence-corrected chi connectivity index (χ4v) is 2.46. The number of carbonyl (C=O) groups excluding carboxylic acids is 1. The second-order valence-corrected chi connectivity index (χ2v) is 5.13. The van der Waals surface area contributed by atoms with Gasteiger partial charge in [0, 0.05) is 0 Å². The van der Waals surface area contributed by atoms with Crippen molar-refractivity contribution in [1.29, 1.82) is 0 Å². The Kier molecular flexibility index (Phi) is 4.24. The lowest BCUT2D eigenvalue weighted by atomic mass is 10.2. The number of halogens is 3. The summed E-state index contributed by atoms with van der Waals surface area (Å²) in [5.74, 6) is -1.78. The van der Waals surface area contributed by atoms with Crippen molar-refractivity contribution in [2.75, 3.05) is 0 Å². The molecule has 0 unspecified atom stereocenters. The zero-order chi connectivity index (χ0) is 17.3. The molecule has 24 heavy (non-hydrogen) atoms. The average Bonchev–Trinajstić information content (AvgIpc) is 2.95. The number of imidazole rings is 1. The van der Waals surface area contributed by atoms with Crippen molar-refractivity contribution in [2.45, 2.75) is 19.6 Å². The van der Waals surface area contributed by atoms with Gasteiger partial charge in [-0.15, -0.1) is 0 Å². The Morgan fingerprint density at radius 2 is 1.79 bits per heavy atom. The van der Waals surface area contributed by atoms with Gasteiger partial charge in [0.05, 0.1) is 16.6 Å². The number of fused-ring (bicyclic) bond motifs is 1. The summed E-state index contributed by atoms with van der Waals surface area (Å²) in [6.07, 6.45) is -1.07. The first-order valence-corrected chi connectivity index (χ1v) is 7.19. The van der Waals surface area contributed by atoms with E-state index in [-0.39, 0.29) is 16.9 Å². The average molecular weight is 334 g/mol. The van der Waals surface area contributed by atoms with Crippen LogP contribution in [-0.4, -0.2) is 15.5 Å². The number of esters is 1. The van der Waals surface area contributed by atoms with Crippen LogP contribution in [0.4, 0.5) is 13.2 Å². The molecule has 0 N–H and O–H groups in total. The maximum absolute atomic E-state index is 13.6. The molecule has 0 aliphatic heterocycles. The van der Waals surface area contributed by atoms with E-state index in [1.54, 1.807) is 18.2 Å². The first kappa shape index (κ1) is 16.0. The second kappa shape index (κ2) is 6.35. The number of hydrogen-bond donors (Lipinski definition) is 0. The molecule has 0 aliphatic rings. The van der Waals surface area contributed by atoms with Gasteiger partial charge in [-0.2, -0.15) is 8.78 Å². The molecule has 124 valence electrons. The van der Waals surface area contributed by atoms with Gasteiger partial charge < -0.3 is 4.74 Å². The number of nitrogens with zero attached hydrogens (tertiary/aromatic N) is 2. The summed E-state index contributed by atoms with van der Waals surface area (Å²) in [4.78, 5) is 16.2. The van der Waals surface area contributed by atoms with E-state index in [2.05, 4.69) is 4.98 Å². The van der Waals surface area contributed by atoms with Gasteiger partial charge in [-0.3, -0.25) is 4.57 Å². The van der Waals surface area contributed by atoms with E-state index in [0.29, 0.717) is 10.1 Å². The van der Waals surface area contributed by atoms with Crippen LogP contribution in [0.5, 0.6) is 0 Å². The van der Waals surface area contributed by atoms with Gasteiger partial charge in [0.1, 0.15) is 5.82 Å². The lowest BCUT2D eigenvalue weighted by molar-refractivity contribution is 0.0229. The zero-order valence-electron chi connectivity index (χ0n) is 12.6. The largest absolute Gasteiger partial charge is 0.451 e. The minimum Gasteiger partial charge on any atom is -0.451 e. The fourth-order valence-electron chi connectivity index (χ4n) is 2.46. The third-order valence-electron chi connectivity index (χ3n) is 3.56. The van der Waals surface area contributed by atoms with Gasteiger partial charge in [-0.05, 0) is 31.2 Å². The third-order valence-corrected chi connectivity index (χ3v) is 3.56. The van der Waals surface area contributed by atoms with E-state index in [4.69, 9.17) is 4.74 Å². The van der Waals surface area contributed by atoms with Crippen LogP contribution in [0.3, 0.4) is 0 Å². The molecule has 0 amide bonds. The molecule has 0 saturated heterocycles. The van der Waals surface area contributed by atoms with Crippen molar-refractivity contribution >= 4 is 17.0 Å². The molecule has 0 fully saturated rings. The molecular weight excluding hydrogens is 321 g/mol. The van der Waals surface area contributed by atoms with Crippen LogP contribution in [0.1, 0.15) is 35.8 Å². The molecule has 0 bridgehead atoms. The Morgan fingerprint density at radius 3 is 2.50 bits per heavy atom. The molecule has 4 nitrogen and oxygen atoms in total. The predicted molar refractivity (Wildman–Crippen MR) is 81.2 cm³/mol. The Hall–Kier alpha value is -2.83. The summed E-state index contributed by atoms with van der Waals surface area (Å²) in [6.45, 7) is -1.43. The van der Waals surface area contributed by atoms with Crippen molar-refractivity contribution in [3.8, 4) is 0 Å². The topological polar surface area (TPSA) is 44.1 Å². The van der Waals surface area contributed by atoms with Crippen molar-refractivity contribution in [2.24, 2.45) is 0 Å². The molecule has 3 rings (SSSR count). The molecule has 2 aromatic carbocycles. The minimum atomic E-state index is -2.85. The molecule has 0 radical (unpaired) electrons. The quantitative estimate of drug-likeness (QED) is 0.660. The number of hydrogen-bond acceptors (Lipinski definition) is 3. The first-order chi connectivity index (χ1) is 11.5. The van der Waals surface area contributed by atoms with Gasteiger partial charge in [0.15, 0.2) is 11.9 Å². The standard InChI is InChI=1S/C17H13F3N2O2/c1-10(24-16(23)11-6-2-3-7-12(11)18)15-21-13-8-4-5-9-14(13)22(15)17(19)20/h2-10,17H,1H3/t10-/m0/s1. The third kappa shape index (κ3) is 2.84. The second-order valence-electron chi connectivity index (χ2n) is 5.13. The molecule has 0 spiro atoms. The maximum atomic E-state index is 13.6. The molecule has 1 atom stereocenters. The lowest BCUT2D eigenvalue weighted by Gasteiger charge is -2.15. The van der Waals surface area contributed by atoms with E-state index in [0.717, 1.165) is 6.07 Å². The first-order valence-electron chi connectivity index (χ1n) is 7.19. The molecule has 7 heteroatoms. The molecular formula is C17H13F3N2O2. The van der Waals surface area contributed by atoms with Crippen molar-refractivity contribution in [1.82, 2.24) is 9.55 Å². The highest BCUT2D eigenvalue weighted by atomic mass is 19.3.